The third-order valence-electron chi connectivity index (χ3n) is 5.81. The van der Waals surface area contributed by atoms with Crippen LogP contribution in [0.1, 0.15) is 34.8 Å². The molecule has 29 heavy (non-hydrogen) atoms. The maximum atomic E-state index is 12.7. The van der Waals surface area contributed by atoms with E-state index in [4.69, 9.17) is 5.11 Å². The second kappa shape index (κ2) is 7.33. The van der Waals surface area contributed by atoms with E-state index >= 15 is 0 Å². The van der Waals surface area contributed by atoms with Gasteiger partial charge in [0.1, 0.15) is 0 Å². The van der Waals surface area contributed by atoms with Gasteiger partial charge in [0.25, 0.3) is 5.56 Å². The summed E-state index contributed by atoms with van der Waals surface area (Å²) >= 11 is 0. The van der Waals surface area contributed by atoms with E-state index in [-0.39, 0.29) is 29.5 Å². The summed E-state index contributed by atoms with van der Waals surface area (Å²) in [6.45, 7) is 1.59. The van der Waals surface area contributed by atoms with Crippen LogP contribution in [0.3, 0.4) is 0 Å². The first-order valence-corrected chi connectivity index (χ1v) is 9.57. The van der Waals surface area contributed by atoms with E-state index in [1.807, 2.05) is 11.0 Å². The first-order chi connectivity index (χ1) is 13.7. The normalized spacial score (nSPS) is 21.6. The molecule has 1 saturated heterocycles. The molecule has 8 heteroatoms. The lowest BCUT2D eigenvalue weighted by atomic mass is 9.82. The van der Waals surface area contributed by atoms with Crippen molar-refractivity contribution >= 4 is 5.97 Å². The Bertz CT molecular complexity index is 982. The molecule has 0 unspecified atom stereocenters. The van der Waals surface area contributed by atoms with Crippen molar-refractivity contribution in [2.24, 2.45) is 5.92 Å². The van der Waals surface area contributed by atoms with Crippen LogP contribution in [0.15, 0.2) is 41.2 Å². The summed E-state index contributed by atoms with van der Waals surface area (Å²) in [7, 11) is 0. The lowest BCUT2D eigenvalue weighted by Crippen LogP contribution is -2.47. The van der Waals surface area contributed by atoms with Gasteiger partial charge < -0.3 is 14.6 Å². The second-order valence-corrected chi connectivity index (χ2v) is 7.92. The molecule has 1 fully saturated rings. The Labute approximate surface area is 165 Å². The number of hydrogen-bond acceptors (Lipinski definition) is 3. The minimum absolute atomic E-state index is 0.0154. The van der Waals surface area contributed by atoms with Crippen LogP contribution < -0.4 is 5.56 Å². The molecule has 4 rings (SSSR count). The highest BCUT2D eigenvalue weighted by Crippen LogP contribution is 2.37. The van der Waals surface area contributed by atoms with Crippen molar-refractivity contribution < 1.29 is 23.1 Å². The number of aromatic carboxylic acids is 1. The Hall–Kier alpha value is -2.61. The second-order valence-electron chi connectivity index (χ2n) is 7.92. The molecule has 3 heterocycles. The van der Waals surface area contributed by atoms with E-state index < -0.39 is 18.6 Å². The molecule has 2 aromatic rings. The highest BCUT2D eigenvalue weighted by Gasteiger charge is 2.36. The van der Waals surface area contributed by atoms with Crippen LogP contribution in [0.5, 0.6) is 0 Å². The fourth-order valence-electron chi connectivity index (χ4n) is 4.50. The van der Waals surface area contributed by atoms with Crippen molar-refractivity contribution in [2.45, 2.75) is 31.5 Å². The van der Waals surface area contributed by atoms with Gasteiger partial charge in [0.2, 0.25) is 0 Å². The van der Waals surface area contributed by atoms with Gasteiger partial charge in [-0.15, -0.1) is 0 Å². The quantitative estimate of drug-likeness (QED) is 0.843. The average Bonchev–Trinajstić information content (AvgIpc) is 2.66. The zero-order valence-electron chi connectivity index (χ0n) is 15.7. The van der Waals surface area contributed by atoms with Crippen LogP contribution in [0, 0.1) is 5.92 Å². The number of pyridine rings is 1. The molecule has 0 aliphatic carbocycles. The van der Waals surface area contributed by atoms with Crippen molar-refractivity contribution in [3.63, 3.8) is 0 Å². The summed E-state index contributed by atoms with van der Waals surface area (Å²) in [4.78, 5) is 25.6. The van der Waals surface area contributed by atoms with Crippen molar-refractivity contribution in [1.29, 1.82) is 0 Å². The Balaban J connectivity index is 1.61. The summed E-state index contributed by atoms with van der Waals surface area (Å²) in [6.07, 6.45) is -4.13. The number of hydrogen-bond donors (Lipinski definition) is 1. The monoisotopic (exact) mass is 406 g/mol. The SMILES string of the molecule is O=C(O)c1ccc(-c2cc3n(c(=O)c2)C[C@H]2C[C@@H]3CN(CCC(F)(F)F)C2)cc1. The molecule has 154 valence electrons. The number of fused-ring (bicyclic) bond motifs is 4. The molecule has 2 aliphatic heterocycles. The van der Waals surface area contributed by atoms with Crippen LogP contribution in [0.4, 0.5) is 13.2 Å². The Morgan fingerprint density at radius 2 is 1.79 bits per heavy atom. The summed E-state index contributed by atoms with van der Waals surface area (Å²) in [6, 6.07) is 9.77. The number of likely N-dealkylation sites (tertiary alicyclic amines) is 1. The van der Waals surface area contributed by atoms with Crippen molar-refractivity contribution in [2.75, 3.05) is 19.6 Å². The topological polar surface area (TPSA) is 62.5 Å². The standard InChI is InChI=1S/C21H21F3N2O3/c22-21(23,24)5-6-25-10-13-7-17(12-25)18-8-16(9-19(27)26(18)11-13)14-1-3-15(4-2-14)20(28)29/h1-4,8-9,13,17H,5-7,10-12H2,(H,28,29)/t13-,17+/m0/s1. The number of nitrogens with zero attached hydrogens (tertiary/aromatic N) is 2. The highest BCUT2D eigenvalue weighted by atomic mass is 19.4. The van der Waals surface area contributed by atoms with Gasteiger partial charge in [-0.05, 0) is 41.7 Å². The van der Waals surface area contributed by atoms with Crippen molar-refractivity contribution in [3.8, 4) is 11.1 Å². The molecule has 1 aromatic heterocycles. The first kappa shape index (κ1) is 19.7. The van der Waals surface area contributed by atoms with E-state index in [0.29, 0.717) is 25.2 Å². The molecule has 1 aromatic carbocycles. The fraction of sp³-hybridized carbons (Fsp3) is 0.429. The van der Waals surface area contributed by atoms with E-state index in [2.05, 4.69) is 0 Å². The molecule has 2 bridgehead atoms. The number of rotatable bonds is 4. The van der Waals surface area contributed by atoms with E-state index in [1.165, 1.54) is 12.1 Å². The molecular formula is C21H21F3N2O3. The molecule has 2 aliphatic rings. The molecule has 0 radical (unpaired) electrons. The molecule has 2 atom stereocenters. The molecule has 0 spiro atoms. The maximum Gasteiger partial charge on any atom is 0.390 e. The number of carboxylic acid groups (broad SMARTS) is 1. The molecule has 0 saturated carbocycles. The number of carboxylic acids is 1. The number of alkyl halides is 3. The van der Waals surface area contributed by atoms with Crippen molar-refractivity contribution in [1.82, 2.24) is 9.47 Å². The Kier molecular flexibility index (Phi) is 4.98. The van der Waals surface area contributed by atoms with Gasteiger partial charge in [0.05, 0.1) is 12.0 Å². The van der Waals surface area contributed by atoms with Crippen molar-refractivity contribution in [3.05, 3.63) is 58.0 Å². The number of halogens is 3. The lowest BCUT2D eigenvalue weighted by Gasteiger charge is -2.43. The zero-order chi connectivity index (χ0) is 20.8. The number of piperidine rings is 1. The van der Waals surface area contributed by atoms with Gasteiger partial charge in [-0.1, -0.05) is 12.1 Å². The number of aromatic nitrogens is 1. The smallest absolute Gasteiger partial charge is 0.390 e. The van der Waals surface area contributed by atoms with Gasteiger partial charge in [-0.2, -0.15) is 13.2 Å². The van der Waals surface area contributed by atoms with Gasteiger partial charge in [-0.3, -0.25) is 4.79 Å². The van der Waals surface area contributed by atoms with Gasteiger partial charge in [0.15, 0.2) is 0 Å². The summed E-state index contributed by atoms with van der Waals surface area (Å²) in [5, 5.41) is 9.04. The molecular weight excluding hydrogens is 385 g/mol. The lowest BCUT2D eigenvalue weighted by molar-refractivity contribution is -0.139. The van der Waals surface area contributed by atoms with E-state index in [1.54, 1.807) is 22.8 Å². The Morgan fingerprint density at radius 3 is 2.45 bits per heavy atom. The highest BCUT2D eigenvalue weighted by molar-refractivity contribution is 5.88. The molecule has 0 amide bonds. The number of carbonyl (C=O) groups is 1. The van der Waals surface area contributed by atoms with Crippen LogP contribution in [-0.4, -0.2) is 46.4 Å². The average molecular weight is 406 g/mol. The van der Waals surface area contributed by atoms with Crippen LogP contribution in [-0.2, 0) is 6.54 Å². The Morgan fingerprint density at radius 1 is 1.07 bits per heavy atom. The minimum Gasteiger partial charge on any atom is -0.478 e. The molecule has 5 nitrogen and oxygen atoms in total. The zero-order valence-corrected chi connectivity index (χ0v) is 15.7. The third-order valence-corrected chi connectivity index (χ3v) is 5.81. The third kappa shape index (κ3) is 4.22. The van der Waals surface area contributed by atoms with Gasteiger partial charge in [-0.25, -0.2) is 4.79 Å². The predicted molar refractivity (Wildman–Crippen MR) is 101 cm³/mol. The summed E-state index contributed by atoms with van der Waals surface area (Å²) in [5.74, 6) is -0.830. The van der Waals surface area contributed by atoms with Gasteiger partial charge in [0, 0.05) is 43.9 Å². The largest absolute Gasteiger partial charge is 0.478 e. The molecule has 1 N–H and O–H groups in total. The predicted octanol–water partition coefficient (Wildman–Crippen LogP) is 3.59. The van der Waals surface area contributed by atoms with Crippen LogP contribution >= 0.6 is 0 Å². The maximum absolute atomic E-state index is 12.7. The number of benzene rings is 1. The van der Waals surface area contributed by atoms with E-state index in [9.17, 15) is 22.8 Å². The summed E-state index contributed by atoms with van der Waals surface area (Å²) in [5.41, 5.74) is 2.33. The fourth-order valence-corrected chi connectivity index (χ4v) is 4.50. The van der Waals surface area contributed by atoms with Crippen LogP contribution in [0.25, 0.3) is 11.1 Å². The van der Waals surface area contributed by atoms with E-state index in [0.717, 1.165) is 17.7 Å². The van der Waals surface area contributed by atoms with Crippen LogP contribution in [0.2, 0.25) is 0 Å². The summed E-state index contributed by atoms with van der Waals surface area (Å²) < 4.78 is 39.6. The van der Waals surface area contributed by atoms with Gasteiger partial charge >= 0.3 is 12.1 Å². The minimum atomic E-state index is -4.17. The first-order valence-electron chi connectivity index (χ1n) is 9.57.